The first-order chi connectivity index (χ1) is 33.8. The number of rotatable bonds is 20. The van der Waals surface area contributed by atoms with Gasteiger partial charge in [0, 0.05) is 81.5 Å². The highest BCUT2D eigenvalue weighted by Crippen LogP contribution is 2.32. The van der Waals surface area contributed by atoms with E-state index < -0.39 is 0 Å². The van der Waals surface area contributed by atoms with Crippen molar-refractivity contribution >= 4 is 70.8 Å². The summed E-state index contributed by atoms with van der Waals surface area (Å²) in [4.78, 5) is 80.3. The molecule has 0 saturated carbocycles. The summed E-state index contributed by atoms with van der Waals surface area (Å²) in [7, 11) is 3.44. The largest absolute Gasteiger partial charge is 0.382 e. The van der Waals surface area contributed by atoms with Crippen molar-refractivity contribution in [3.05, 3.63) is 94.6 Å². The predicted octanol–water partition coefficient (Wildman–Crippen LogP) is 8.92. The summed E-state index contributed by atoms with van der Waals surface area (Å²) in [5.74, 6) is 1.42. The molecule has 1 aromatic heterocycles. The van der Waals surface area contributed by atoms with Gasteiger partial charge in [0.2, 0.25) is 18.3 Å². The number of benzene rings is 3. The number of nitrogens with two attached hydrogens (primary N) is 1. The average molecular weight is 958 g/mol. The molecule has 2 aliphatic rings. The number of amides is 4. The quantitative estimate of drug-likeness (QED) is 0.0418. The molecule has 0 atom stereocenters. The van der Waals surface area contributed by atoms with Gasteiger partial charge in [-0.05, 0) is 90.8 Å². The monoisotopic (exact) mass is 958 g/mol. The molecule has 16 nitrogen and oxygen atoms in total. The van der Waals surface area contributed by atoms with E-state index in [4.69, 9.17) is 5.73 Å². The maximum absolute atomic E-state index is 13.3. The minimum absolute atomic E-state index is 0.00623. The number of nitrogen functional groups attached to an aromatic ring is 1. The molecule has 6 rings (SSSR count). The molecule has 0 aliphatic carbocycles. The second-order valence-electron chi connectivity index (χ2n) is 17.2. The molecule has 0 bridgehead atoms. The normalized spacial score (nSPS) is 13.3. The number of likely N-dealkylation sites (tertiary alicyclic amines) is 1. The summed E-state index contributed by atoms with van der Waals surface area (Å²) in [5.41, 5.74) is 13.2. The lowest BCUT2D eigenvalue weighted by atomic mass is 10.00. The van der Waals surface area contributed by atoms with Gasteiger partial charge in [0.25, 0.3) is 11.8 Å². The lowest BCUT2D eigenvalue weighted by Gasteiger charge is -2.22. The molecule has 0 unspecified atom stereocenters. The van der Waals surface area contributed by atoms with Crippen molar-refractivity contribution in [1.29, 1.82) is 0 Å². The zero-order valence-corrected chi connectivity index (χ0v) is 42.8. The Labute approximate surface area is 415 Å². The number of amidine groups is 1. The van der Waals surface area contributed by atoms with Gasteiger partial charge in [-0.15, -0.1) is 0 Å². The van der Waals surface area contributed by atoms with Crippen LogP contribution < -0.4 is 31.9 Å². The first-order valence-corrected chi connectivity index (χ1v) is 24.8. The minimum Gasteiger partial charge on any atom is -0.382 e. The Bertz CT molecular complexity index is 2420. The average Bonchev–Trinajstić information content (AvgIpc) is 3.86. The SMILES string of the molecule is CC.CCCCNc1nc(N)c(NC)c(N(C=O)Cc2ccc(C(=O)NCC(=O)C(C)C)cc2)n1.CCCN(CCC)C(=O)C1=Cc2ccc(-c3ccc(C(=O)N4CCCC4)cc3)cc2NC(=NC)C1. The summed E-state index contributed by atoms with van der Waals surface area (Å²) >= 11 is 0. The Morgan fingerprint density at radius 1 is 0.886 bits per heavy atom. The van der Waals surface area contributed by atoms with E-state index in [0.29, 0.717) is 42.4 Å². The number of unbranched alkanes of at least 4 members (excludes halogenated alkanes) is 1. The van der Waals surface area contributed by atoms with Crippen LogP contribution in [0.4, 0.5) is 29.0 Å². The van der Waals surface area contributed by atoms with Gasteiger partial charge in [-0.1, -0.05) is 91.3 Å². The van der Waals surface area contributed by atoms with Gasteiger partial charge in [0.1, 0.15) is 11.5 Å². The lowest BCUT2D eigenvalue weighted by molar-refractivity contribution is -0.127. The Hall–Kier alpha value is -7.10. The Morgan fingerprint density at radius 3 is 2.11 bits per heavy atom. The molecule has 0 spiro atoms. The third-order valence-electron chi connectivity index (χ3n) is 11.7. The number of nitrogens with one attached hydrogen (secondary N) is 4. The van der Waals surface area contributed by atoms with Crippen molar-refractivity contribution in [2.45, 2.75) is 100.0 Å². The van der Waals surface area contributed by atoms with E-state index >= 15 is 0 Å². The minimum atomic E-state index is -0.327. The molecule has 0 radical (unpaired) electrons. The van der Waals surface area contributed by atoms with E-state index in [-0.39, 0.29) is 48.3 Å². The number of anilines is 5. The van der Waals surface area contributed by atoms with Crippen LogP contribution in [-0.4, -0.2) is 109 Å². The standard InChI is InChI=1S/C29H36N4O2.C23H33N7O3.C2H6/c1-4-14-32(15-5-2)29(35)25-18-24-13-12-23(19-26(24)31-27(20-25)30-3)21-8-10-22(11-9-21)28(34)33-16-6-7-17-33;1-5-6-11-26-23-28-20(24)19(25-4)21(29-23)30(14-31)13-16-7-9-17(10-8-16)22(33)27-12-18(32)15(2)3;1-2/h8-13,18-19H,4-7,14-17,20H2,1-3H3,(H,30,31);7-10,14-15,25H,5-6,11-13H2,1-4H3,(H,27,33)(H3,24,26,28,29);1-2H3. The summed E-state index contributed by atoms with van der Waals surface area (Å²) in [6.45, 7) is 18.0. The van der Waals surface area contributed by atoms with Gasteiger partial charge in [-0.25, -0.2) is 0 Å². The Morgan fingerprint density at radius 2 is 1.53 bits per heavy atom. The first-order valence-electron chi connectivity index (χ1n) is 24.8. The fourth-order valence-corrected chi connectivity index (χ4v) is 7.79. The number of aromatic nitrogens is 2. The summed E-state index contributed by atoms with van der Waals surface area (Å²) in [6.07, 6.45) is 9.19. The lowest BCUT2D eigenvalue weighted by Crippen LogP contribution is -2.34. The van der Waals surface area contributed by atoms with Crippen LogP contribution in [0.2, 0.25) is 0 Å². The molecule has 4 amide bonds. The van der Waals surface area contributed by atoms with Crippen LogP contribution in [0.5, 0.6) is 0 Å². The molecule has 376 valence electrons. The zero-order chi connectivity index (χ0) is 51.2. The van der Waals surface area contributed by atoms with Gasteiger partial charge >= 0.3 is 0 Å². The number of carbonyl (C=O) groups excluding carboxylic acids is 5. The zero-order valence-electron chi connectivity index (χ0n) is 42.8. The van der Waals surface area contributed by atoms with E-state index in [1.165, 1.54) is 4.90 Å². The van der Waals surface area contributed by atoms with Gasteiger partial charge in [0.15, 0.2) is 17.4 Å². The fraction of sp³-hybridized carbons (Fsp3) is 0.444. The van der Waals surface area contributed by atoms with Gasteiger partial charge < -0.3 is 36.8 Å². The predicted molar refractivity (Wildman–Crippen MR) is 285 cm³/mol. The van der Waals surface area contributed by atoms with Gasteiger partial charge in [-0.3, -0.25) is 33.9 Å². The van der Waals surface area contributed by atoms with Crippen LogP contribution >= 0.6 is 0 Å². The van der Waals surface area contributed by atoms with Crippen LogP contribution in [0.3, 0.4) is 0 Å². The number of fused-ring (bicyclic) bond motifs is 1. The van der Waals surface area contributed by atoms with E-state index in [1.807, 2.05) is 54.0 Å². The third kappa shape index (κ3) is 15.5. The third-order valence-corrected chi connectivity index (χ3v) is 11.7. The number of ketones is 1. The van der Waals surface area contributed by atoms with Crippen molar-refractivity contribution in [3.63, 3.8) is 0 Å². The van der Waals surface area contributed by atoms with E-state index in [0.717, 1.165) is 110 Å². The summed E-state index contributed by atoms with van der Waals surface area (Å²) in [5, 5.41) is 12.1. The smallest absolute Gasteiger partial charge is 0.253 e. The maximum Gasteiger partial charge on any atom is 0.253 e. The molecule has 3 aromatic carbocycles. The molecule has 4 aromatic rings. The van der Waals surface area contributed by atoms with Crippen molar-refractivity contribution < 1.29 is 24.0 Å². The molecule has 16 heteroatoms. The number of nitrogens with zero attached hydrogens (tertiary/aromatic N) is 6. The fourth-order valence-electron chi connectivity index (χ4n) is 7.79. The van der Waals surface area contributed by atoms with Gasteiger partial charge in [-0.2, -0.15) is 9.97 Å². The van der Waals surface area contributed by atoms with Crippen molar-refractivity contribution in [2.75, 3.05) is 79.9 Å². The Balaban J connectivity index is 0.000000295. The first kappa shape index (κ1) is 55.5. The number of Topliss-reactive ketones (excluding diaryl/α,β-unsaturated/α-hetero) is 1. The summed E-state index contributed by atoms with van der Waals surface area (Å²) in [6, 6.07) is 20.9. The van der Waals surface area contributed by atoms with E-state index in [2.05, 4.69) is 75.2 Å². The van der Waals surface area contributed by atoms with Crippen molar-refractivity contribution in [2.24, 2.45) is 10.9 Å². The van der Waals surface area contributed by atoms with Crippen molar-refractivity contribution in [1.82, 2.24) is 25.1 Å². The molecule has 1 saturated heterocycles. The van der Waals surface area contributed by atoms with E-state index in [1.54, 1.807) is 52.2 Å². The number of hydrogen-bond acceptors (Lipinski definition) is 11. The van der Waals surface area contributed by atoms with Crippen LogP contribution in [0.25, 0.3) is 17.2 Å². The van der Waals surface area contributed by atoms with Crippen molar-refractivity contribution in [3.8, 4) is 11.1 Å². The highest BCUT2D eigenvalue weighted by Gasteiger charge is 2.24. The molecule has 3 heterocycles. The van der Waals surface area contributed by atoms with Crippen LogP contribution in [-0.2, 0) is 20.9 Å². The molecule has 70 heavy (non-hydrogen) atoms. The number of carbonyl (C=O) groups is 5. The van der Waals surface area contributed by atoms with Crippen LogP contribution in [0.15, 0.2) is 77.3 Å². The highest BCUT2D eigenvalue weighted by atomic mass is 16.2. The Kier molecular flexibility index (Phi) is 22.5. The molecular formula is C54H75N11O5. The highest BCUT2D eigenvalue weighted by molar-refractivity contribution is 6.10. The molecule has 1 fully saturated rings. The molecular weight excluding hydrogens is 883 g/mol. The van der Waals surface area contributed by atoms with Gasteiger partial charge in [0.05, 0.1) is 13.1 Å². The van der Waals surface area contributed by atoms with Crippen LogP contribution in [0.1, 0.15) is 125 Å². The maximum atomic E-state index is 13.3. The number of hydrogen-bond donors (Lipinski definition) is 5. The molecule has 6 N–H and O–H groups in total. The second-order valence-corrected chi connectivity index (χ2v) is 17.2. The number of aliphatic imine (C=N–C) groups is 1. The van der Waals surface area contributed by atoms with Crippen LogP contribution in [0, 0.1) is 5.92 Å². The van der Waals surface area contributed by atoms with E-state index in [9.17, 15) is 24.0 Å². The topological polar surface area (TPSA) is 207 Å². The second kappa shape index (κ2) is 28.4. The summed E-state index contributed by atoms with van der Waals surface area (Å²) < 4.78 is 0. The molecule has 2 aliphatic heterocycles.